The van der Waals surface area contributed by atoms with Gasteiger partial charge in [0.1, 0.15) is 0 Å². The highest BCUT2D eigenvalue weighted by molar-refractivity contribution is 5.24. The summed E-state index contributed by atoms with van der Waals surface area (Å²) < 4.78 is 1.68. The second-order valence-corrected chi connectivity index (χ2v) is 2.42. The first-order valence-electron chi connectivity index (χ1n) is 3.50. The van der Waals surface area contributed by atoms with Gasteiger partial charge < -0.3 is 5.11 Å². The summed E-state index contributed by atoms with van der Waals surface area (Å²) in [6.07, 6.45) is 4.97. The minimum atomic E-state index is 0.227. The highest BCUT2D eigenvalue weighted by atomic mass is 16.3. The van der Waals surface area contributed by atoms with Gasteiger partial charge in [0, 0.05) is 12.1 Å². The molecule has 0 spiro atoms. The van der Waals surface area contributed by atoms with Crippen molar-refractivity contribution in [1.29, 1.82) is 5.26 Å². The van der Waals surface area contributed by atoms with Crippen molar-refractivity contribution < 1.29 is 9.67 Å². The fraction of sp³-hybridized carbons (Fsp3) is 0.111. The predicted octanol–water partition coefficient (Wildman–Crippen LogP) is 1.22. The number of hydrogen-bond acceptors (Lipinski definition) is 2. The summed E-state index contributed by atoms with van der Waals surface area (Å²) >= 11 is 0. The molecule has 0 unspecified atom stereocenters. The van der Waals surface area contributed by atoms with Crippen molar-refractivity contribution >= 4 is 6.20 Å². The maximum Gasteiger partial charge on any atom is 0.211 e. The Morgan fingerprint density at radius 1 is 1.58 bits per heavy atom. The van der Waals surface area contributed by atoms with E-state index >= 15 is 0 Å². The van der Waals surface area contributed by atoms with E-state index in [-0.39, 0.29) is 5.76 Å². The highest BCUT2D eigenvalue weighted by Gasteiger charge is 1.96. The number of aromatic nitrogens is 1. The van der Waals surface area contributed by atoms with Gasteiger partial charge in [0.15, 0.2) is 18.2 Å². The Morgan fingerprint density at radius 3 is 2.58 bits per heavy atom. The summed E-state index contributed by atoms with van der Waals surface area (Å²) in [4.78, 5) is 0. The molecular formula is C9H9N2O+. The van der Waals surface area contributed by atoms with Gasteiger partial charge in [-0.15, -0.1) is 0 Å². The van der Waals surface area contributed by atoms with Crippen LogP contribution in [0.15, 0.2) is 30.3 Å². The van der Waals surface area contributed by atoms with E-state index in [0.29, 0.717) is 5.56 Å². The summed E-state index contributed by atoms with van der Waals surface area (Å²) in [6.45, 7) is 1.59. The average Bonchev–Trinajstić information content (AvgIpc) is 2.05. The molecule has 0 bridgehead atoms. The lowest BCUT2D eigenvalue weighted by Crippen LogP contribution is -2.24. The maximum atomic E-state index is 8.91. The molecule has 1 N–H and O–H groups in total. The molecule has 0 saturated carbocycles. The van der Waals surface area contributed by atoms with Gasteiger partial charge in [-0.3, -0.25) is 0 Å². The van der Waals surface area contributed by atoms with Crippen molar-refractivity contribution in [3.8, 4) is 6.07 Å². The van der Waals surface area contributed by atoms with Gasteiger partial charge in [0.2, 0.25) is 6.20 Å². The van der Waals surface area contributed by atoms with E-state index in [1.807, 2.05) is 6.07 Å². The lowest BCUT2D eigenvalue weighted by Gasteiger charge is -1.87. The number of aliphatic hydroxyl groups excluding tert-OH is 1. The summed E-state index contributed by atoms with van der Waals surface area (Å²) in [6, 6.07) is 5.37. The molecule has 0 fully saturated rings. The van der Waals surface area contributed by atoms with Crippen LogP contribution < -0.4 is 4.57 Å². The van der Waals surface area contributed by atoms with E-state index in [2.05, 4.69) is 0 Å². The Balaban J connectivity index is 2.95. The first-order valence-corrected chi connectivity index (χ1v) is 3.50. The van der Waals surface area contributed by atoms with Crippen LogP contribution in [-0.4, -0.2) is 5.11 Å². The van der Waals surface area contributed by atoms with Crippen molar-refractivity contribution in [2.24, 2.45) is 0 Å². The number of allylic oxidation sites excluding steroid dienone is 1. The smallest absolute Gasteiger partial charge is 0.211 e. The van der Waals surface area contributed by atoms with Crippen LogP contribution in [0.4, 0.5) is 0 Å². The van der Waals surface area contributed by atoms with Gasteiger partial charge >= 0.3 is 0 Å². The summed E-state index contributed by atoms with van der Waals surface area (Å²) in [5.41, 5.74) is 0.607. The van der Waals surface area contributed by atoms with E-state index in [0.717, 1.165) is 0 Å². The third-order valence-electron chi connectivity index (χ3n) is 1.32. The average molecular weight is 161 g/mol. The monoisotopic (exact) mass is 161 g/mol. The first kappa shape index (κ1) is 8.28. The van der Waals surface area contributed by atoms with Crippen LogP contribution >= 0.6 is 0 Å². The largest absolute Gasteiger partial charge is 0.507 e. The second-order valence-electron chi connectivity index (χ2n) is 2.42. The Kier molecular flexibility index (Phi) is 2.44. The Labute approximate surface area is 70.8 Å². The first-order chi connectivity index (χ1) is 5.72. The van der Waals surface area contributed by atoms with E-state index < -0.39 is 0 Å². The van der Waals surface area contributed by atoms with E-state index in [9.17, 15) is 0 Å². The minimum Gasteiger partial charge on any atom is -0.507 e. The van der Waals surface area contributed by atoms with Crippen LogP contribution in [0.1, 0.15) is 12.5 Å². The lowest BCUT2D eigenvalue weighted by molar-refractivity contribution is -0.569. The molecular weight excluding hydrogens is 152 g/mol. The zero-order chi connectivity index (χ0) is 8.97. The number of pyridine rings is 1. The molecule has 1 rings (SSSR count). The van der Waals surface area contributed by atoms with E-state index in [4.69, 9.17) is 10.4 Å². The van der Waals surface area contributed by atoms with E-state index in [1.54, 1.807) is 42.2 Å². The van der Waals surface area contributed by atoms with Crippen LogP contribution in [0.25, 0.3) is 6.20 Å². The molecule has 1 aromatic heterocycles. The number of aliphatic hydroxyl groups is 1. The predicted molar refractivity (Wildman–Crippen MR) is 43.9 cm³/mol. The standard InChI is InChI=1S/C9H8N2O/c1-8(12)7-11-4-2-9(6-10)3-5-11/h2-5,7H,1H3/p+1/b8-7-. The summed E-state index contributed by atoms with van der Waals surface area (Å²) in [5, 5.41) is 17.4. The van der Waals surface area contributed by atoms with Crippen LogP contribution in [0, 0.1) is 11.3 Å². The number of hydrogen-bond donors (Lipinski definition) is 1. The molecule has 60 valence electrons. The van der Waals surface area contributed by atoms with Gasteiger partial charge in [-0.05, 0) is 6.92 Å². The highest BCUT2D eigenvalue weighted by Crippen LogP contribution is 1.91. The van der Waals surface area contributed by atoms with Crippen LogP contribution in [0.2, 0.25) is 0 Å². The lowest BCUT2D eigenvalue weighted by atomic mass is 10.3. The molecule has 3 heteroatoms. The van der Waals surface area contributed by atoms with Crippen LogP contribution in [-0.2, 0) is 0 Å². The Bertz CT molecular complexity index is 329. The topological polar surface area (TPSA) is 47.9 Å². The molecule has 0 radical (unpaired) electrons. The molecule has 0 aliphatic carbocycles. The second kappa shape index (κ2) is 3.54. The van der Waals surface area contributed by atoms with E-state index in [1.165, 1.54) is 0 Å². The molecule has 0 saturated heterocycles. The van der Waals surface area contributed by atoms with Crippen molar-refractivity contribution in [3.63, 3.8) is 0 Å². The number of nitrogens with zero attached hydrogens (tertiary/aromatic N) is 2. The Hall–Kier alpha value is -1.82. The molecule has 0 aliphatic rings. The van der Waals surface area contributed by atoms with Gasteiger partial charge in [-0.25, -0.2) is 0 Å². The SMILES string of the molecule is C/C(O)=C/[n+]1ccc(C#N)cc1. The van der Waals surface area contributed by atoms with Crippen molar-refractivity contribution in [2.75, 3.05) is 0 Å². The Morgan fingerprint density at radius 2 is 2.17 bits per heavy atom. The molecule has 3 nitrogen and oxygen atoms in total. The third-order valence-corrected chi connectivity index (χ3v) is 1.32. The molecule has 0 atom stereocenters. The number of rotatable bonds is 1. The fourth-order valence-electron chi connectivity index (χ4n) is 0.814. The van der Waals surface area contributed by atoms with Crippen molar-refractivity contribution in [2.45, 2.75) is 6.92 Å². The van der Waals surface area contributed by atoms with Gasteiger partial charge in [0.25, 0.3) is 0 Å². The maximum absolute atomic E-state index is 8.91. The zero-order valence-corrected chi connectivity index (χ0v) is 6.73. The number of nitriles is 1. The summed E-state index contributed by atoms with van der Waals surface area (Å²) in [7, 11) is 0. The minimum absolute atomic E-state index is 0.227. The van der Waals surface area contributed by atoms with Gasteiger partial charge in [0.05, 0.1) is 11.6 Å². The van der Waals surface area contributed by atoms with Gasteiger partial charge in [-0.2, -0.15) is 9.83 Å². The van der Waals surface area contributed by atoms with Crippen LogP contribution in [0.5, 0.6) is 0 Å². The van der Waals surface area contributed by atoms with Crippen molar-refractivity contribution in [3.05, 3.63) is 35.8 Å². The molecule has 1 aromatic rings. The van der Waals surface area contributed by atoms with Gasteiger partial charge in [-0.1, -0.05) is 0 Å². The van der Waals surface area contributed by atoms with Crippen LogP contribution in [0.3, 0.4) is 0 Å². The molecule has 12 heavy (non-hydrogen) atoms. The molecule has 0 aliphatic heterocycles. The molecule has 0 amide bonds. The normalized spacial score (nSPS) is 10.8. The van der Waals surface area contributed by atoms with Crippen molar-refractivity contribution in [1.82, 2.24) is 0 Å². The molecule has 0 aromatic carbocycles. The summed E-state index contributed by atoms with van der Waals surface area (Å²) in [5.74, 6) is 0.227. The zero-order valence-electron chi connectivity index (χ0n) is 6.73. The molecule has 1 heterocycles. The quantitative estimate of drug-likeness (QED) is 0.497. The fourth-order valence-corrected chi connectivity index (χ4v) is 0.814. The third kappa shape index (κ3) is 2.10.